The van der Waals surface area contributed by atoms with Gasteiger partial charge in [-0.25, -0.2) is 4.79 Å². The Labute approximate surface area is 189 Å². The van der Waals surface area contributed by atoms with Crippen molar-refractivity contribution in [2.45, 2.75) is 20.8 Å². The smallest absolute Gasteiger partial charge is 0.339 e. The molecule has 0 fully saturated rings. The zero-order valence-corrected chi connectivity index (χ0v) is 18.8. The number of aryl methyl sites for hydroxylation is 1. The van der Waals surface area contributed by atoms with E-state index in [-0.39, 0.29) is 29.2 Å². The summed E-state index contributed by atoms with van der Waals surface area (Å²) >= 11 is 0. The third-order valence-electron chi connectivity index (χ3n) is 4.66. The second-order valence-electron chi connectivity index (χ2n) is 6.48. The number of esters is 1. The van der Waals surface area contributed by atoms with Crippen LogP contribution >= 0.6 is 0 Å². The Morgan fingerprint density at radius 3 is 2.39 bits per heavy atom. The highest BCUT2D eigenvalue weighted by molar-refractivity contribution is 6.09. The summed E-state index contributed by atoms with van der Waals surface area (Å²) in [5.41, 5.74) is 3.26. The Morgan fingerprint density at radius 1 is 1.13 bits per heavy atom. The molecule has 0 aromatic heterocycles. The van der Waals surface area contributed by atoms with Crippen LogP contribution in [0.2, 0.25) is 0 Å². The molecule has 2 N–H and O–H groups in total. The van der Waals surface area contributed by atoms with Crippen LogP contribution in [0.4, 0.5) is 17.1 Å². The number of nitriles is 1. The average molecular weight is 442 g/mol. The summed E-state index contributed by atoms with van der Waals surface area (Å²) < 4.78 is 4.72. The first-order valence-corrected chi connectivity index (χ1v) is 9.66. The number of halogens is 1. The first-order valence-electron chi connectivity index (χ1n) is 9.66. The first-order chi connectivity index (χ1) is 14.4. The van der Waals surface area contributed by atoms with Crippen LogP contribution in [-0.2, 0) is 9.53 Å². The van der Waals surface area contributed by atoms with E-state index in [0.717, 1.165) is 30.0 Å². The van der Waals surface area contributed by atoms with Crippen molar-refractivity contribution < 1.29 is 26.7 Å². The summed E-state index contributed by atoms with van der Waals surface area (Å²) in [7, 11) is 1.26. The molecule has 2 rings (SSSR count). The molecule has 0 atom stereocenters. The average Bonchev–Trinajstić information content (AvgIpc) is 2.76. The van der Waals surface area contributed by atoms with Crippen molar-refractivity contribution in [3.8, 4) is 6.07 Å². The predicted octanol–water partition coefficient (Wildman–Crippen LogP) is 1.09. The van der Waals surface area contributed by atoms with Crippen molar-refractivity contribution in [2.24, 2.45) is 0 Å². The predicted molar refractivity (Wildman–Crippen MR) is 118 cm³/mol. The third kappa shape index (κ3) is 6.49. The molecule has 0 spiro atoms. The Morgan fingerprint density at radius 2 is 1.81 bits per heavy atom. The molecule has 8 heteroatoms. The number of nitrogens with zero attached hydrogens (tertiary/aromatic N) is 2. The fourth-order valence-electron chi connectivity index (χ4n) is 2.96. The van der Waals surface area contributed by atoms with E-state index in [9.17, 15) is 14.9 Å². The molecule has 7 nitrogen and oxygen atoms in total. The number of hydrogen-bond acceptors (Lipinski definition) is 6. The van der Waals surface area contributed by atoms with Crippen molar-refractivity contribution in [2.75, 3.05) is 35.7 Å². The molecule has 164 valence electrons. The number of methoxy groups -OCH3 is 1. The molecule has 0 aliphatic rings. The molecule has 31 heavy (non-hydrogen) atoms. The highest BCUT2D eigenvalue weighted by Gasteiger charge is 2.16. The molecular weight excluding hydrogens is 416 g/mol. The van der Waals surface area contributed by atoms with Gasteiger partial charge in [0.2, 0.25) is 0 Å². The van der Waals surface area contributed by atoms with Gasteiger partial charge in [0.1, 0.15) is 11.6 Å². The van der Waals surface area contributed by atoms with Crippen LogP contribution in [0.25, 0.3) is 0 Å². The molecule has 0 saturated heterocycles. The molecule has 0 aliphatic heterocycles. The van der Waals surface area contributed by atoms with Crippen LogP contribution in [-0.4, -0.2) is 32.1 Å². The second kappa shape index (κ2) is 12.3. The van der Waals surface area contributed by atoms with Crippen molar-refractivity contribution >= 4 is 28.9 Å². The molecule has 2 aromatic carbocycles. The molecule has 1 amide bonds. The Balaban J connectivity index is 0.00000480. The molecule has 0 saturated carbocycles. The van der Waals surface area contributed by atoms with Crippen LogP contribution in [0.5, 0.6) is 0 Å². The van der Waals surface area contributed by atoms with Gasteiger partial charge in [0.25, 0.3) is 5.91 Å². The fourth-order valence-corrected chi connectivity index (χ4v) is 2.96. The van der Waals surface area contributed by atoms with E-state index in [1.807, 2.05) is 25.1 Å². The van der Waals surface area contributed by atoms with Crippen molar-refractivity contribution in [1.82, 2.24) is 0 Å². The maximum absolute atomic E-state index is 12.5. The largest absolute Gasteiger partial charge is 1.00 e. The van der Waals surface area contributed by atoms with Gasteiger partial charge in [-0.1, -0.05) is 12.1 Å². The number of carbonyl (C=O) groups is 2. The van der Waals surface area contributed by atoms with E-state index in [1.165, 1.54) is 19.4 Å². The summed E-state index contributed by atoms with van der Waals surface area (Å²) in [4.78, 5) is 26.6. The lowest BCUT2D eigenvalue weighted by Gasteiger charge is -2.22. The zero-order chi connectivity index (χ0) is 22.1. The number of para-hydroxylation sites is 1. The van der Waals surface area contributed by atoms with Crippen molar-refractivity contribution in [3.05, 3.63) is 65.4 Å². The number of amides is 1. The SMILES string of the molecule is CCN(CC)c1ccc(N/C=C(/C#N)C(=O)Nc2ccccc2C(=O)OC)c(C)c1.[Cl-]. The summed E-state index contributed by atoms with van der Waals surface area (Å²) in [5, 5.41) is 15.0. The summed E-state index contributed by atoms with van der Waals surface area (Å²) in [6, 6.07) is 14.3. The van der Waals surface area contributed by atoms with Gasteiger partial charge in [-0.05, 0) is 56.7 Å². The number of benzene rings is 2. The monoisotopic (exact) mass is 441 g/mol. The molecule has 0 bridgehead atoms. The molecule has 0 aliphatic carbocycles. The first kappa shape index (κ1) is 25.5. The van der Waals surface area contributed by atoms with E-state index in [4.69, 9.17) is 4.74 Å². The number of carbonyl (C=O) groups excluding carboxylic acids is 2. The van der Waals surface area contributed by atoms with Crippen LogP contribution in [0.1, 0.15) is 29.8 Å². The normalized spacial score (nSPS) is 10.4. The Kier molecular flexibility index (Phi) is 10.1. The minimum absolute atomic E-state index is 0. The van der Waals surface area contributed by atoms with E-state index in [1.54, 1.807) is 18.2 Å². The van der Waals surface area contributed by atoms with Crippen molar-refractivity contribution in [1.29, 1.82) is 5.26 Å². The minimum Gasteiger partial charge on any atom is -1.00 e. The van der Waals surface area contributed by atoms with E-state index in [0.29, 0.717) is 0 Å². The fraction of sp³-hybridized carbons (Fsp3) is 0.261. The zero-order valence-electron chi connectivity index (χ0n) is 18.0. The summed E-state index contributed by atoms with van der Waals surface area (Å²) in [6.45, 7) is 7.98. The maximum Gasteiger partial charge on any atom is 0.339 e. The second-order valence-corrected chi connectivity index (χ2v) is 6.48. The van der Waals surface area contributed by atoms with Gasteiger partial charge in [-0.3, -0.25) is 4.79 Å². The van der Waals surface area contributed by atoms with Crippen molar-refractivity contribution in [3.63, 3.8) is 0 Å². The molecule has 2 aromatic rings. The van der Waals surface area contributed by atoms with Crippen LogP contribution in [0.3, 0.4) is 0 Å². The van der Waals surface area contributed by atoms with Gasteiger partial charge >= 0.3 is 5.97 Å². The Hall–Kier alpha value is -3.50. The number of hydrogen-bond donors (Lipinski definition) is 2. The molecule has 0 heterocycles. The van der Waals surface area contributed by atoms with Gasteiger partial charge in [0.15, 0.2) is 0 Å². The minimum atomic E-state index is -0.626. The van der Waals surface area contributed by atoms with Crippen LogP contribution in [0, 0.1) is 18.3 Å². The molecule has 0 radical (unpaired) electrons. The summed E-state index contributed by atoms with van der Waals surface area (Å²) in [6.07, 6.45) is 1.36. The third-order valence-corrected chi connectivity index (χ3v) is 4.66. The van der Waals surface area contributed by atoms with Gasteiger partial charge in [0.05, 0.1) is 18.4 Å². The highest BCUT2D eigenvalue weighted by Crippen LogP contribution is 2.23. The van der Waals surface area contributed by atoms with Crippen LogP contribution in [0.15, 0.2) is 54.2 Å². The lowest BCUT2D eigenvalue weighted by atomic mass is 10.1. The number of nitrogens with one attached hydrogen (secondary N) is 2. The van der Waals surface area contributed by atoms with E-state index < -0.39 is 11.9 Å². The quantitative estimate of drug-likeness (QED) is 0.362. The van der Waals surface area contributed by atoms with Gasteiger partial charge < -0.3 is 32.7 Å². The number of anilines is 3. The van der Waals surface area contributed by atoms with Crippen LogP contribution < -0.4 is 27.9 Å². The molecular formula is C23H26ClN4O3-. The molecule has 0 unspecified atom stereocenters. The van der Waals surface area contributed by atoms with E-state index >= 15 is 0 Å². The lowest BCUT2D eigenvalue weighted by molar-refractivity contribution is -0.112. The highest BCUT2D eigenvalue weighted by atomic mass is 35.5. The topological polar surface area (TPSA) is 94.5 Å². The van der Waals surface area contributed by atoms with Gasteiger partial charge in [0, 0.05) is 30.7 Å². The Bertz CT molecular complexity index is 995. The number of rotatable bonds is 8. The standard InChI is InChI=1S/C23H26N4O3.ClH/c1-5-27(6-2)18-11-12-20(16(3)13-18)25-15-17(14-24)22(28)26-21-10-8-7-9-19(21)23(29)30-4;/h7-13,15,25H,5-6H2,1-4H3,(H,26,28);1H/p-1/b17-15-;. The van der Waals surface area contributed by atoms with E-state index in [2.05, 4.69) is 35.4 Å². The van der Waals surface area contributed by atoms with Gasteiger partial charge in [-0.2, -0.15) is 5.26 Å². The van der Waals surface area contributed by atoms with Gasteiger partial charge in [-0.15, -0.1) is 0 Å². The summed E-state index contributed by atoms with van der Waals surface area (Å²) in [5.74, 6) is -1.20. The lowest BCUT2D eigenvalue weighted by Crippen LogP contribution is -3.00. The number of ether oxygens (including phenoxy) is 1. The maximum atomic E-state index is 12.5.